The molecule has 0 saturated carbocycles. The summed E-state index contributed by atoms with van der Waals surface area (Å²) in [7, 11) is 0. The largest absolute Gasteiger partial charge is 0.106 e. The number of aryl methyl sites for hydroxylation is 3. The highest BCUT2D eigenvalue weighted by Gasteiger charge is 1.96. The van der Waals surface area contributed by atoms with Crippen molar-refractivity contribution in [3.05, 3.63) is 48.0 Å². The lowest BCUT2D eigenvalue weighted by atomic mass is 10.0. The van der Waals surface area contributed by atoms with Crippen molar-refractivity contribution in [3.8, 4) is 0 Å². The molecule has 0 aromatic heterocycles. The van der Waals surface area contributed by atoms with E-state index in [1.165, 1.54) is 36.0 Å². The van der Waals surface area contributed by atoms with E-state index < -0.39 is 0 Å². The third-order valence-corrected chi connectivity index (χ3v) is 2.30. The van der Waals surface area contributed by atoms with Crippen LogP contribution in [0.1, 0.15) is 36.5 Å². The van der Waals surface area contributed by atoms with Crippen LogP contribution in [-0.2, 0) is 6.42 Å². The highest BCUT2D eigenvalue weighted by Crippen LogP contribution is 2.13. The van der Waals surface area contributed by atoms with E-state index in [0.29, 0.717) is 0 Å². The maximum atomic E-state index is 3.00. The van der Waals surface area contributed by atoms with E-state index in [4.69, 9.17) is 0 Å². The Hall–Kier alpha value is -1.04. The van der Waals surface area contributed by atoms with Crippen LogP contribution in [0.4, 0.5) is 0 Å². The van der Waals surface area contributed by atoms with Gasteiger partial charge in [0.1, 0.15) is 0 Å². The van der Waals surface area contributed by atoms with Gasteiger partial charge in [0.05, 0.1) is 0 Å². The molecule has 1 rings (SSSR count). The van der Waals surface area contributed by atoms with E-state index >= 15 is 0 Å². The van der Waals surface area contributed by atoms with Crippen molar-refractivity contribution < 1.29 is 0 Å². The average Bonchev–Trinajstić information content (AvgIpc) is 2.22. The molecule has 14 heavy (non-hydrogen) atoms. The van der Waals surface area contributed by atoms with E-state index in [1.807, 2.05) is 0 Å². The third kappa shape index (κ3) is 4.27. The van der Waals surface area contributed by atoms with Gasteiger partial charge in [0, 0.05) is 0 Å². The number of rotatable bonds is 3. The molecular formula is C14H22. The van der Waals surface area contributed by atoms with Gasteiger partial charge in [0.25, 0.3) is 0 Å². The van der Waals surface area contributed by atoms with E-state index in [1.54, 1.807) is 0 Å². The van der Waals surface area contributed by atoms with Crippen LogP contribution >= 0.6 is 0 Å². The molecule has 0 nitrogen and oxygen atoms in total. The summed E-state index contributed by atoms with van der Waals surface area (Å²) >= 11 is 0. The molecule has 0 aliphatic carbocycles. The topological polar surface area (TPSA) is 0 Å². The Bertz CT molecular complexity index is 261. The number of hydrogen-bond acceptors (Lipinski definition) is 0. The Balaban J connectivity index is 0.000000791. The fraction of sp³-hybridized carbons (Fsp3) is 0.429. The molecule has 0 spiro atoms. The van der Waals surface area contributed by atoms with E-state index in [2.05, 4.69) is 52.1 Å². The summed E-state index contributed by atoms with van der Waals surface area (Å²) in [5.74, 6) is 0. The number of unbranched alkanes of at least 4 members (excludes halogenated alkanes) is 1. The molecule has 0 bridgehead atoms. The molecule has 0 N–H and O–H groups in total. The predicted octanol–water partition coefficient (Wildman–Crippen LogP) is 4.45. The zero-order chi connectivity index (χ0) is 11.0. The first-order valence-corrected chi connectivity index (χ1v) is 5.30. The molecular weight excluding hydrogens is 168 g/mol. The lowest BCUT2D eigenvalue weighted by molar-refractivity contribution is 0.790. The van der Waals surface area contributed by atoms with Crippen LogP contribution < -0.4 is 0 Å². The molecule has 1 aromatic carbocycles. The van der Waals surface area contributed by atoms with Crippen molar-refractivity contribution in [2.24, 2.45) is 0 Å². The first kappa shape index (κ1) is 13.0. The Morgan fingerprint density at radius 3 is 2.36 bits per heavy atom. The minimum Gasteiger partial charge on any atom is -0.106 e. The molecule has 0 aliphatic rings. The van der Waals surface area contributed by atoms with Gasteiger partial charge in [-0.1, -0.05) is 37.1 Å². The fourth-order valence-electron chi connectivity index (χ4n) is 1.44. The molecule has 1 aromatic rings. The average molecular weight is 190 g/mol. The fourth-order valence-corrected chi connectivity index (χ4v) is 1.44. The molecule has 78 valence electrons. The summed E-state index contributed by atoms with van der Waals surface area (Å²) < 4.78 is 0. The molecule has 0 saturated heterocycles. The van der Waals surface area contributed by atoms with Gasteiger partial charge < -0.3 is 0 Å². The van der Waals surface area contributed by atoms with Gasteiger partial charge in [-0.05, 0) is 37.8 Å². The number of benzene rings is 1. The van der Waals surface area contributed by atoms with Gasteiger partial charge in [0.15, 0.2) is 0 Å². The van der Waals surface area contributed by atoms with Crippen LogP contribution in [0.3, 0.4) is 0 Å². The van der Waals surface area contributed by atoms with E-state index in [9.17, 15) is 0 Å². The monoisotopic (exact) mass is 190 g/mol. The van der Waals surface area contributed by atoms with Crippen LogP contribution in [0.2, 0.25) is 0 Å². The summed E-state index contributed by atoms with van der Waals surface area (Å²) in [4.78, 5) is 0. The maximum absolute atomic E-state index is 3.00. The summed E-state index contributed by atoms with van der Waals surface area (Å²) in [6, 6.07) is 6.72. The molecule has 0 heterocycles. The second kappa shape index (κ2) is 7.37. The van der Waals surface area contributed by atoms with E-state index in [-0.39, 0.29) is 0 Å². The van der Waals surface area contributed by atoms with Crippen LogP contribution in [0.5, 0.6) is 0 Å². The lowest BCUT2D eigenvalue weighted by Crippen LogP contribution is -1.89. The summed E-state index contributed by atoms with van der Waals surface area (Å²) in [5.41, 5.74) is 4.35. The Kier molecular flexibility index (Phi) is 6.82. The van der Waals surface area contributed by atoms with Crippen LogP contribution in [0.15, 0.2) is 31.4 Å². The second-order valence-electron chi connectivity index (χ2n) is 3.53. The smallest absolute Gasteiger partial charge is 0.0276 e. The molecule has 0 radical (unpaired) electrons. The van der Waals surface area contributed by atoms with Crippen LogP contribution in [-0.4, -0.2) is 0 Å². The third-order valence-electron chi connectivity index (χ3n) is 2.30. The van der Waals surface area contributed by atoms with Crippen molar-refractivity contribution >= 4 is 0 Å². The molecule has 0 amide bonds. The highest BCUT2D eigenvalue weighted by molar-refractivity contribution is 5.30. The Morgan fingerprint density at radius 2 is 1.79 bits per heavy atom. The Morgan fingerprint density at radius 1 is 1.14 bits per heavy atom. The second-order valence-corrected chi connectivity index (χ2v) is 3.53. The van der Waals surface area contributed by atoms with Gasteiger partial charge in [0.2, 0.25) is 0 Å². The van der Waals surface area contributed by atoms with Crippen molar-refractivity contribution in [3.63, 3.8) is 0 Å². The minimum absolute atomic E-state index is 1.24. The Labute approximate surface area is 88.7 Å². The first-order valence-electron chi connectivity index (χ1n) is 5.30. The summed E-state index contributed by atoms with van der Waals surface area (Å²) in [5, 5.41) is 0. The SMILES string of the molecule is C=C.CCCCc1cc(C)ccc1C. The number of hydrogen-bond donors (Lipinski definition) is 0. The molecule has 0 atom stereocenters. The zero-order valence-corrected chi connectivity index (χ0v) is 9.77. The van der Waals surface area contributed by atoms with E-state index in [0.717, 1.165) is 0 Å². The summed E-state index contributed by atoms with van der Waals surface area (Å²) in [6.07, 6.45) is 3.84. The van der Waals surface area contributed by atoms with Crippen LogP contribution in [0.25, 0.3) is 0 Å². The van der Waals surface area contributed by atoms with Crippen molar-refractivity contribution in [1.82, 2.24) is 0 Å². The van der Waals surface area contributed by atoms with Crippen LogP contribution in [0, 0.1) is 13.8 Å². The highest BCUT2D eigenvalue weighted by atomic mass is 14.0. The summed E-state index contributed by atoms with van der Waals surface area (Å²) in [6.45, 7) is 12.6. The van der Waals surface area contributed by atoms with Crippen molar-refractivity contribution in [2.75, 3.05) is 0 Å². The van der Waals surface area contributed by atoms with Gasteiger partial charge in [-0.25, -0.2) is 0 Å². The van der Waals surface area contributed by atoms with Gasteiger partial charge >= 0.3 is 0 Å². The maximum Gasteiger partial charge on any atom is -0.0276 e. The molecule has 0 fully saturated rings. The zero-order valence-electron chi connectivity index (χ0n) is 9.77. The molecule has 0 heteroatoms. The van der Waals surface area contributed by atoms with Gasteiger partial charge in [-0.3, -0.25) is 0 Å². The molecule has 0 unspecified atom stereocenters. The predicted molar refractivity (Wildman–Crippen MR) is 65.8 cm³/mol. The standard InChI is InChI=1S/C12H18.C2H4/c1-4-5-6-12-9-10(2)7-8-11(12)3;1-2/h7-9H,4-6H2,1-3H3;1-2H2. The van der Waals surface area contributed by atoms with Gasteiger partial charge in [-0.15, -0.1) is 13.2 Å². The lowest BCUT2D eigenvalue weighted by Gasteiger charge is -2.05. The van der Waals surface area contributed by atoms with Crippen molar-refractivity contribution in [2.45, 2.75) is 40.0 Å². The van der Waals surface area contributed by atoms with Crippen molar-refractivity contribution in [1.29, 1.82) is 0 Å². The normalized spacial score (nSPS) is 9.07. The van der Waals surface area contributed by atoms with Gasteiger partial charge in [-0.2, -0.15) is 0 Å². The first-order chi connectivity index (χ1) is 6.74. The minimum atomic E-state index is 1.24. The molecule has 0 aliphatic heterocycles. The quantitative estimate of drug-likeness (QED) is 0.618.